The number of hydrogen-bond acceptors (Lipinski definition) is 4. The Balaban J connectivity index is 1.88. The first-order valence-corrected chi connectivity index (χ1v) is 6.37. The van der Waals surface area contributed by atoms with E-state index in [2.05, 4.69) is 27.9 Å². The van der Waals surface area contributed by atoms with Crippen LogP contribution in [0.25, 0.3) is 0 Å². The number of aromatic nitrogens is 1. The molecule has 0 spiro atoms. The lowest BCUT2D eigenvalue weighted by atomic mass is 10.0. The van der Waals surface area contributed by atoms with Crippen LogP contribution in [0.2, 0.25) is 0 Å². The van der Waals surface area contributed by atoms with E-state index in [1.807, 2.05) is 18.3 Å². The van der Waals surface area contributed by atoms with Crippen molar-refractivity contribution >= 4 is 5.82 Å². The van der Waals surface area contributed by atoms with Gasteiger partial charge in [-0.1, -0.05) is 6.07 Å². The van der Waals surface area contributed by atoms with Crippen LogP contribution in [0.5, 0.6) is 0 Å². The van der Waals surface area contributed by atoms with Gasteiger partial charge in [-0.2, -0.15) is 0 Å². The van der Waals surface area contributed by atoms with Crippen LogP contribution in [0.15, 0.2) is 24.4 Å². The molecule has 0 aliphatic carbocycles. The van der Waals surface area contributed by atoms with Gasteiger partial charge in [0.2, 0.25) is 0 Å². The van der Waals surface area contributed by atoms with Crippen molar-refractivity contribution in [1.29, 1.82) is 0 Å². The van der Waals surface area contributed by atoms with Crippen LogP contribution < -0.4 is 10.6 Å². The minimum Gasteiger partial charge on any atom is -0.357 e. The van der Waals surface area contributed by atoms with Crippen molar-refractivity contribution in [2.75, 3.05) is 38.1 Å². The Hall–Kier alpha value is -1.13. The van der Waals surface area contributed by atoms with Crippen molar-refractivity contribution in [3.63, 3.8) is 0 Å². The van der Waals surface area contributed by atoms with Gasteiger partial charge in [0, 0.05) is 45.5 Å². The molecule has 1 aromatic rings. The van der Waals surface area contributed by atoms with Crippen LogP contribution in [-0.2, 0) is 0 Å². The smallest absolute Gasteiger partial charge is 0.128 e. The second-order valence-corrected chi connectivity index (χ2v) is 4.66. The second kappa shape index (κ2) is 5.98. The summed E-state index contributed by atoms with van der Waals surface area (Å²) in [6.07, 6.45) is 4.26. The predicted molar refractivity (Wildman–Crippen MR) is 71.2 cm³/mol. The van der Waals surface area contributed by atoms with Crippen molar-refractivity contribution in [3.8, 4) is 0 Å². The van der Waals surface area contributed by atoms with Crippen LogP contribution in [0, 0.1) is 0 Å². The van der Waals surface area contributed by atoms with Gasteiger partial charge in [-0.3, -0.25) is 0 Å². The molecule has 4 nitrogen and oxygen atoms in total. The van der Waals surface area contributed by atoms with Crippen molar-refractivity contribution < 1.29 is 0 Å². The SMILES string of the molecule is CN(c1ccccn1)C1CCN(CCN)CC1. The van der Waals surface area contributed by atoms with Crippen molar-refractivity contribution in [2.45, 2.75) is 18.9 Å². The van der Waals surface area contributed by atoms with E-state index < -0.39 is 0 Å². The van der Waals surface area contributed by atoms with Crippen molar-refractivity contribution in [1.82, 2.24) is 9.88 Å². The molecule has 0 saturated carbocycles. The normalized spacial score (nSPS) is 18.2. The minimum absolute atomic E-state index is 0.610. The summed E-state index contributed by atoms with van der Waals surface area (Å²) >= 11 is 0. The molecule has 0 unspecified atom stereocenters. The fourth-order valence-electron chi connectivity index (χ4n) is 2.46. The zero-order chi connectivity index (χ0) is 12.1. The monoisotopic (exact) mass is 234 g/mol. The molecule has 1 aliphatic rings. The number of likely N-dealkylation sites (tertiary alicyclic amines) is 1. The number of hydrogen-bond donors (Lipinski definition) is 1. The highest BCUT2D eigenvalue weighted by Crippen LogP contribution is 2.19. The summed E-state index contributed by atoms with van der Waals surface area (Å²) in [6.45, 7) is 4.10. The molecule has 1 fully saturated rings. The molecule has 1 aromatic heterocycles. The lowest BCUT2D eigenvalue weighted by Gasteiger charge is -2.37. The van der Waals surface area contributed by atoms with Gasteiger partial charge in [-0.15, -0.1) is 0 Å². The second-order valence-electron chi connectivity index (χ2n) is 4.66. The van der Waals surface area contributed by atoms with Gasteiger partial charge < -0.3 is 15.5 Å². The Morgan fingerprint density at radius 2 is 2.18 bits per heavy atom. The Morgan fingerprint density at radius 1 is 1.41 bits per heavy atom. The predicted octanol–water partition coefficient (Wildman–Crippen LogP) is 0.941. The molecule has 17 heavy (non-hydrogen) atoms. The van der Waals surface area contributed by atoms with Gasteiger partial charge >= 0.3 is 0 Å². The van der Waals surface area contributed by atoms with Crippen molar-refractivity contribution in [3.05, 3.63) is 24.4 Å². The average Bonchev–Trinajstić information content (AvgIpc) is 2.40. The van der Waals surface area contributed by atoms with Crippen molar-refractivity contribution in [2.24, 2.45) is 5.73 Å². The highest BCUT2D eigenvalue weighted by Gasteiger charge is 2.22. The van der Waals surface area contributed by atoms with Gasteiger partial charge in [0.25, 0.3) is 0 Å². The van der Waals surface area contributed by atoms with E-state index in [9.17, 15) is 0 Å². The number of pyridine rings is 1. The standard InChI is InChI=1S/C13H22N4/c1-16(13-4-2-3-8-15-13)12-5-9-17(10-6-12)11-7-14/h2-4,8,12H,5-7,9-11,14H2,1H3. The van der Waals surface area contributed by atoms with E-state index in [1.54, 1.807) is 0 Å². The Kier molecular flexibility index (Phi) is 4.34. The molecule has 1 saturated heterocycles. The molecular formula is C13H22N4. The highest BCUT2D eigenvalue weighted by molar-refractivity contribution is 5.37. The summed E-state index contributed by atoms with van der Waals surface area (Å²) in [7, 11) is 2.14. The fraction of sp³-hybridized carbons (Fsp3) is 0.615. The fourth-order valence-corrected chi connectivity index (χ4v) is 2.46. The number of anilines is 1. The molecule has 94 valence electrons. The zero-order valence-electron chi connectivity index (χ0n) is 10.5. The van der Waals surface area contributed by atoms with Crippen LogP contribution >= 0.6 is 0 Å². The summed E-state index contributed by atoms with van der Waals surface area (Å²) < 4.78 is 0. The lowest BCUT2D eigenvalue weighted by Crippen LogP contribution is -2.45. The lowest BCUT2D eigenvalue weighted by molar-refractivity contribution is 0.216. The molecule has 0 aromatic carbocycles. The largest absolute Gasteiger partial charge is 0.357 e. The number of nitrogens with two attached hydrogens (primary N) is 1. The molecule has 0 radical (unpaired) electrons. The molecule has 2 N–H and O–H groups in total. The van der Waals surface area contributed by atoms with E-state index in [-0.39, 0.29) is 0 Å². The van der Waals surface area contributed by atoms with Gasteiger partial charge in [-0.25, -0.2) is 4.98 Å². The van der Waals surface area contributed by atoms with E-state index in [0.29, 0.717) is 6.04 Å². The third-order valence-electron chi connectivity index (χ3n) is 3.56. The van der Waals surface area contributed by atoms with Crippen LogP contribution in [0.3, 0.4) is 0 Å². The average molecular weight is 234 g/mol. The summed E-state index contributed by atoms with van der Waals surface area (Å²) in [5.41, 5.74) is 5.58. The Bertz CT molecular complexity index is 319. The zero-order valence-corrected chi connectivity index (χ0v) is 10.5. The first kappa shape index (κ1) is 12.3. The van der Waals surface area contributed by atoms with Gasteiger partial charge in [0.15, 0.2) is 0 Å². The third kappa shape index (κ3) is 3.17. The topological polar surface area (TPSA) is 45.4 Å². The molecule has 2 rings (SSSR count). The molecule has 4 heteroatoms. The molecular weight excluding hydrogens is 212 g/mol. The Labute approximate surface area is 103 Å². The maximum Gasteiger partial charge on any atom is 0.128 e. The molecule has 2 heterocycles. The first-order chi connectivity index (χ1) is 8.31. The van der Waals surface area contributed by atoms with E-state index in [0.717, 1.165) is 32.0 Å². The summed E-state index contributed by atoms with van der Waals surface area (Å²) in [4.78, 5) is 9.15. The van der Waals surface area contributed by atoms with Gasteiger partial charge in [0.05, 0.1) is 0 Å². The number of rotatable bonds is 4. The first-order valence-electron chi connectivity index (χ1n) is 6.37. The molecule has 0 amide bonds. The summed E-state index contributed by atoms with van der Waals surface area (Å²) in [6, 6.07) is 6.69. The Morgan fingerprint density at radius 3 is 2.76 bits per heavy atom. The summed E-state index contributed by atoms with van der Waals surface area (Å²) in [5.74, 6) is 1.07. The number of nitrogens with zero attached hydrogens (tertiary/aromatic N) is 3. The quantitative estimate of drug-likeness (QED) is 0.842. The van der Waals surface area contributed by atoms with E-state index >= 15 is 0 Å². The maximum atomic E-state index is 5.58. The van der Waals surface area contributed by atoms with Crippen LogP contribution in [0.1, 0.15) is 12.8 Å². The van der Waals surface area contributed by atoms with Crippen LogP contribution in [-0.4, -0.2) is 49.2 Å². The molecule has 0 bridgehead atoms. The minimum atomic E-state index is 0.610. The van der Waals surface area contributed by atoms with Gasteiger partial charge in [0.1, 0.15) is 5.82 Å². The molecule has 1 aliphatic heterocycles. The third-order valence-corrected chi connectivity index (χ3v) is 3.56. The van der Waals surface area contributed by atoms with Gasteiger partial charge in [-0.05, 0) is 25.0 Å². The van der Waals surface area contributed by atoms with Crippen LogP contribution in [0.4, 0.5) is 5.82 Å². The number of piperidine rings is 1. The highest BCUT2D eigenvalue weighted by atomic mass is 15.2. The molecule has 0 atom stereocenters. The van der Waals surface area contributed by atoms with E-state index in [4.69, 9.17) is 5.73 Å². The van der Waals surface area contributed by atoms with E-state index in [1.165, 1.54) is 12.8 Å². The summed E-state index contributed by atoms with van der Waals surface area (Å²) in [5, 5.41) is 0. The maximum absolute atomic E-state index is 5.58.